The van der Waals surface area contributed by atoms with Gasteiger partial charge in [0.05, 0.1) is 18.9 Å². The zero-order valence-electron chi connectivity index (χ0n) is 10.9. The zero-order chi connectivity index (χ0) is 15.2. The highest BCUT2D eigenvalue weighted by atomic mass is 32.2. The van der Waals surface area contributed by atoms with E-state index in [4.69, 9.17) is 10.8 Å². The monoisotopic (exact) mass is 308 g/mol. The molecule has 0 aliphatic heterocycles. The summed E-state index contributed by atoms with van der Waals surface area (Å²) in [6.07, 6.45) is -2.79. The molecule has 1 rings (SSSR count). The highest BCUT2D eigenvalue weighted by molar-refractivity contribution is 7.88. The van der Waals surface area contributed by atoms with Gasteiger partial charge in [-0.15, -0.1) is 0 Å². The first kappa shape index (κ1) is 17.0. The predicted octanol–water partition coefficient (Wildman–Crippen LogP) is 0.534. The third kappa shape index (κ3) is 4.78. The summed E-state index contributed by atoms with van der Waals surface area (Å²) in [4.78, 5) is 0. The van der Waals surface area contributed by atoms with Gasteiger partial charge in [0.1, 0.15) is 0 Å². The van der Waals surface area contributed by atoms with E-state index in [0.29, 0.717) is 15.4 Å². The summed E-state index contributed by atoms with van der Waals surface area (Å²) in [5.41, 5.74) is 6.65. The molecule has 3 N–H and O–H groups in total. The van der Waals surface area contributed by atoms with Crippen molar-refractivity contribution < 1.29 is 22.3 Å². The minimum Gasteiger partial charge on any atom is -0.395 e. The zero-order valence-corrected chi connectivity index (χ0v) is 11.7. The second-order valence-corrected chi connectivity index (χ2v) is 6.17. The van der Waals surface area contributed by atoms with Crippen molar-refractivity contribution in [2.24, 2.45) is 5.73 Å². The molecule has 0 radical (unpaired) electrons. The van der Waals surface area contributed by atoms with Crippen LogP contribution in [0.15, 0.2) is 24.3 Å². The molecule has 0 fully saturated rings. The van der Waals surface area contributed by atoms with E-state index in [9.17, 15) is 17.2 Å². The van der Waals surface area contributed by atoms with Gasteiger partial charge < -0.3 is 10.8 Å². The SMILES string of the molecule is NCc1ccccc1CS(=O)(=O)N(CCO)CC(F)F. The number of sulfonamides is 1. The maximum atomic E-state index is 12.4. The first-order valence-electron chi connectivity index (χ1n) is 6.04. The maximum Gasteiger partial charge on any atom is 0.252 e. The Morgan fingerprint density at radius 3 is 2.35 bits per heavy atom. The van der Waals surface area contributed by atoms with Crippen molar-refractivity contribution in [2.75, 3.05) is 19.7 Å². The van der Waals surface area contributed by atoms with Crippen molar-refractivity contribution in [3.8, 4) is 0 Å². The van der Waals surface area contributed by atoms with Crippen molar-refractivity contribution in [1.82, 2.24) is 4.31 Å². The minimum absolute atomic E-state index is 0.167. The van der Waals surface area contributed by atoms with Crippen LogP contribution in [0.1, 0.15) is 11.1 Å². The maximum absolute atomic E-state index is 12.4. The van der Waals surface area contributed by atoms with E-state index in [1.807, 2.05) is 0 Å². The molecule has 1 aromatic carbocycles. The quantitative estimate of drug-likeness (QED) is 0.734. The highest BCUT2D eigenvalue weighted by Crippen LogP contribution is 2.16. The number of aliphatic hydroxyl groups excluding tert-OH is 1. The molecule has 0 amide bonds. The van der Waals surface area contributed by atoms with Gasteiger partial charge in [-0.1, -0.05) is 24.3 Å². The van der Waals surface area contributed by atoms with Gasteiger partial charge in [0, 0.05) is 13.1 Å². The standard InChI is InChI=1S/C12H18F2N2O3S/c13-12(14)8-16(5-6-17)20(18,19)9-11-4-2-1-3-10(11)7-15/h1-4,12,17H,5-9,15H2. The largest absolute Gasteiger partial charge is 0.395 e. The first-order valence-corrected chi connectivity index (χ1v) is 7.65. The Morgan fingerprint density at radius 2 is 1.85 bits per heavy atom. The number of benzene rings is 1. The number of aliphatic hydroxyl groups is 1. The Balaban J connectivity index is 2.96. The average Bonchev–Trinajstić information content (AvgIpc) is 2.38. The Bertz CT molecular complexity index is 523. The topological polar surface area (TPSA) is 83.6 Å². The van der Waals surface area contributed by atoms with Gasteiger partial charge >= 0.3 is 0 Å². The van der Waals surface area contributed by atoms with Crippen LogP contribution in [0.2, 0.25) is 0 Å². The second kappa shape index (κ2) is 7.63. The lowest BCUT2D eigenvalue weighted by Crippen LogP contribution is -2.38. The summed E-state index contributed by atoms with van der Waals surface area (Å²) in [5, 5.41) is 8.81. The van der Waals surface area contributed by atoms with E-state index < -0.39 is 35.4 Å². The Morgan fingerprint density at radius 1 is 1.25 bits per heavy atom. The first-order chi connectivity index (χ1) is 9.40. The van der Waals surface area contributed by atoms with Crippen molar-refractivity contribution >= 4 is 10.0 Å². The molecular formula is C12H18F2N2O3S. The van der Waals surface area contributed by atoms with E-state index in [2.05, 4.69) is 0 Å². The second-order valence-electron chi connectivity index (χ2n) is 4.20. The molecule has 20 heavy (non-hydrogen) atoms. The van der Waals surface area contributed by atoms with Gasteiger partial charge in [-0.05, 0) is 11.1 Å². The fraction of sp³-hybridized carbons (Fsp3) is 0.500. The van der Waals surface area contributed by atoms with Crippen LogP contribution in [0.4, 0.5) is 8.78 Å². The number of rotatable bonds is 8. The Kier molecular flexibility index (Phi) is 6.47. The molecule has 0 aromatic heterocycles. The van der Waals surface area contributed by atoms with Crippen LogP contribution < -0.4 is 5.73 Å². The fourth-order valence-corrected chi connectivity index (χ4v) is 3.35. The molecule has 0 spiro atoms. The number of nitrogens with zero attached hydrogens (tertiary/aromatic N) is 1. The van der Waals surface area contributed by atoms with Gasteiger partial charge in [0.25, 0.3) is 6.43 Å². The summed E-state index contributed by atoms with van der Waals surface area (Å²) in [6.45, 7) is -1.61. The Hall–Kier alpha value is -1.09. The van der Waals surface area contributed by atoms with Gasteiger partial charge in [-0.25, -0.2) is 17.2 Å². The molecule has 5 nitrogen and oxygen atoms in total. The Labute approximate surface area is 117 Å². The van der Waals surface area contributed by atoms with Crippen LogP contribution in [0.3, 0.4) is 0 Å². The summed E-state index contributed by atoms with van der Waals surface area (Å²) in [6, 6.07) is 6.67. The number of hydrogen-bond acceptors (Lipinski definition) is 4. The lowest BCUT2D eigenvalue weighted by molar-refractivity contribution is 0.113. The predicted molar refractivity (Wildman–Crippen MR) is 71.6 cm³/mol. The summed E-state index contributed by atoms with van der Waals surface area (Å²) >= 11 is 0. The van der Waals surface area contributed by atoms with Crippen molar-refractivity contribution in [3.63, 3.8) is 0 Å². The molecule has 0 atom stereocenters. The minimum atomic E-state index is -3.93. The van der Waals surface area contributed by atoms with Crippen LogP contribution >= 0.6 is 0 Å². The van der Waals surface area contributed by atoms with Crippen LogP contribution in [0, 0.1) is 0 Å². The summed E-state index contributed by atoms with van der Waals surface area (Å²) in [5.74, 6) is -0.410. The molecule has 114 valence electrons. The number of halogens is 2. The average molecular weight is 308 g/mol. The molecule has 0 aliphatic rings. The van der Waals surface area contributed by atoms with Crippen molar-refractivity contribution in [1.29, 1.82) is 0 Å². The van der Waals surface area contributed by atoms with E-state index in [1.54, 1.807) is 24.3 Å². The normalized spacial score (nSPS) is 12.3. The number of alkyl halides is 2. The highest BCUT2D eigenvalue weighted by Gasteiger charge is 2.25. The number of nitrogens with two attached hydrogens (primary N) is 1. The molecule has 0 aliphatic carbocycles. The molecule has 0 bridgehead atoms. The molecule has 0 saturated carbocycles. The van der Waals surface area contributed by atoms with Crippen LogP contribution in [0.5, 0.6) is 0 Å². The molecule has 0 saturated heterocycles. The molecule has 0 heterocycles. The van der Waals surface area contributed by atoms with E-state index in [1.165, 1.54) is 0 Å². The van der Waals surface area contributed by atoms with E-state index in [-0.39, 0.29) is 13.1 Å². The van der Waals surface area contributed by atoms with Gasteiger partial charge in [-0.3, -0.25) is 0 Å². The summed E-state index contributed by atoms with van der Waals surface area (Å²) < 4.78 is 49.7. The van der Waals surface area contributed by atoms with Gasteiger partial charge in [-0.2, -0.15) is 4.31 Å². The lowest BCUT2D eigenvalue weighted by atomic mass is 10.1. The van der Waals surface area contributed by atoms with Crippen molar-refractivity contribution in [3.05, 3.63) is 35.4 Å². The van der Waals surface area contributed by atoms with E-state index >= 15 is 0 Å². The van der Waals surface area contributed by atoms with E-state index in [0.717, 1.165) is 0 Å². The lowest BCUT2D eigenvalue weighted by Gasteiger charge is -2.21. The van der Waals surface area contributed by atoms with Gasteiger partial charge in [0.2, 0.25) is 10.0 Å². The van der Waals surface area contributed by atoms with Crippen molar-refractivity contribution in [2.45, 2.75) is 18.7 Å². The van der Waals surface area contributed by atoms with Crippen LogP contribution in [0.25, 0.3) is 0 Å². The molecule has 8 heteroatoms. The third-order valence-electron chi connectivity index (χ3n) is 2.76. The smallest absolute Gasteiger partial charge is 0.252 e. The third-order valence-corrected chi connectivity index (χ3v) is 4.55. The van der Waals surface area contributed by atoms with Crippen LogP contribution in [-0.2, 0) is 22.3 Å². The summed E-state index contributed by atoms with van der Waals surface area (Å²) in [7, 11) is -3.93. The van der Waals surface area contributed by atoms with Crippen LogP contribution in [-0.4, -0.2) is 44.0 Å². The fourth-order valence-electron chi connectivity index (χ4n) is 1.79. The molecule has 0 unspecified atom stereocenters. The number of hydrogen-bond donors (Lipinski definition) is 2. The molecular weight excluding hydrogens is 290 g/mol. The van der Waals surface area contributed by atoms with Gasteiger partial charge in [0.15, 0.2) is 0 Å². The molecule has 1 aromatic rings.